The number of hydrogen-bond acceptors (Lipinski definition) is 2. The van der Waals surface area contributed by atoms with Crippen LogP contribution in [0.5, 0.6) is 0 Å². The van der Waals surface area contributed by atoms with Crippen molar-refractivity contribution in [1.82, 2.24) is 0 Å². The Morgan fingerprint density at radius 2 is 2.20 bits per heavy atom. The molecule has 0 heterocycles. The highest BCUT2D eigenvalue weighted by Crippen LogP contribution is 1.80. The molecule has 0 aliphatic carbocycles. The van der Waals surface area contributed by atoms with Gasteiger partial charge in [-0.15, -0.1) is 0 Å². The summed E-state index contributed by atoms with van der Waals surface area (Å²) in [6.07, 6.45) is 0. The summed E-state index contributed by atoms with van der Waals surface area (Å²) in [7, 11) is 0. The summed E-state index contributed by atoms with van der Waals surface area (Å²) in [5.41, 5.74) is 0. The van der Waals surface area contributed by atoms with E-state index in [0.717, 1.165) is 0 Å². The Bertz CT molecular complexity index is 44.9. The number of rotatable bonds is 1. The quantitative estimate of drug-likeness (QED) is 0.350. The van der Waals surface area contributed by atoms with Gasteiger partial charge in [-0.3, -0.25) is 4.21 Å². The molecule has 32 valence electrons. The van der Waals surface area contributed by atoms with Crippen LogP contribution in [0.15, 0.2) is 0 Å². The molecule has 0 N–H and O–H groups in total. The topological polar surface area (TPSA) is 40.1 Å². The molecule has 0 aromatic heterocycles. The minimum absolute atomic E-state index is 0.192. The Labute approximate surface area is 46.4 Å². The highest BCUT2D eigenvalue weighted by atomic mass is 127. The van der Waals surface area contributed by atoms with E-state index in [1.54, 1.807) is 22.6 Å². The van der Waals surface area contributed by atoms with E-state index in [0.29, 0.717) is 0 Å². The van der Waals surface area contributed by atoms with Crippen LogP contribution in [-0.4, -0.2) is 12.5 Å². The monoisotopic (exact) mass is 205 g/mol. The lowest BCUT2D eigenvalue weighted by molar-refractivity contribution is 0.543. The average molecular weight is 205 g/mol. The molecule has 0 aliphatic heterocycles. The Hall–Kier alpha value is 0.840. The van der Waals surface area contributed by atoms with Gasteiger partial charge in [0.15, 0.2) is 0 Å². The second-order valence-corrected chi connectivity index (χ2v) is 3.11. The molecular formula is CH2IO2S-. The van der Waals surface area contributed by atoms with Crippen LogP contribution in [-0.2, 0) is 11.1 Å². The molecule has 0 spiro atoms. The van der Waals surface area contributed by atoms with Crippen LogP contribution in [0.4, 0.5) is 0 Å². The first-order chi connectivity index (χ1) is 2.27. The molecule has 0 bridgehead atoms. The lowest BCUT2D eigenvalue weighted by Gasteiger charge is -1.92. The fourth-order valence-corrected chi connectivity index (χ4v) is 0. The van der Waals surface area contributed by atoms with Gasteiger partial charge >= 0.3 is 0 Å². The van der Waals surface area contributed by atoms with Gasteiger partial charge in [0.2, 0.25) is 0 Å². The maximum Gasteiger partial charge on any atom is 0.0622 e. The minimum Gasteiger partial charge on any atom is -0.772 e. The molecule has 4 heteroatoms. The Balaban J connectivity index is 2.85. The molecule has 5 heavy (non-hydrogen) atoms. The molecule has 0 aromatic rings. The summed E-state index contributed by atoms with van der Waals surface area (Å²) in [5.74, 6) is 0. The van der Waals surface area contributed by atoms with Crippen molar-refractivity contribution in [2.45, 2.75) is 0 Å². The zero-order valence-electron chi connectivity index (χ0n) is 2.31. The van der Waals surface area contributed by atoms with Gasteiger partial charge in [0, 0.05) is 0 Å². The second kappa shape index (κ2) is 3.05. The third kappa shape index (κ3) is 4.84. The fourth-order valence-electron chi connectivity index (χ4n) is 0. The molecule has 1 unspecified atom stereocenters. The fraction of sp³-hybridized carbons (Fsp3) is 1.00. The predicted octanol–water partition coefficient (Wildman–Crippen LogP) is 0.258. The normalized spacial score (nSPS) is 14.8. The molecule has 0 saturated carbocycles. The zero-order valence-corrected chi connectivity index (χ0v) is 5.28. The molecule has 1 atom stereocenters. The molecule has 0 aromatic carbocycles. The molecule has 0 fully saturated rings. The first-order valence-corrected chi connectivity index (χ1v) is 3.66. The van der Waals surface area contributed by atoms with E-state index in [1.807, 2.05) is 0 Å². The molecule has 0 rings (SSSR count). The summed E-state index contributed by atoms with van der Waals surface area (Å²) in [6, 6.07) is 0. The van der Waals surface area contributed by atoms with Crippen molar-refractivity contribution in [2.24, 2.45) is 0 Å². The maximum atomic E-state index is 9.36. The van der Waals surface area contributed by atoms with Gasteiger partial charge in [-0.2, -0.15) is 0 Å². The van der Waals surface area contributed by atoms with Gasteiger partial charge in [-0.05, 0) is 11.1 Å². The first kappa shape index (κ1) is 5.84. The largest absolute Gasteiger partial charge is 0.772 e. The van der Waals surface area contributed by atoms with Gasteiger partial charge in [0.1, 0.15) is 0 Å². The van der Waals surface area contributed by atoms with E-state index in [4.69, 9.17) is 0 Å². The lowest BCUT2D eigenvalue weighted by Crippen LogP contribution is -1.82. The summed E-state index contributed by atoms with van der Waals surface area (Å²) in [5, 5.41) is 0. The van der Waals surface area contributed by atoms with E-state index < -0.39 is 11.1 Å². The van der Waals surface area contributed by atoms with Crippen molar-refractivity contribution >= 4 is 33.7 Å². The zero-order chi connectivity index (χ0) is 4.28. The van der Waals surface area contributed by atoms with Gasteiger partial charge in [-0.1, -0.05) is 22.6 Å². The van der Waals surface area contributed by atoms with Crippen LogP contribution < -0.4 is 0 Å². The van der Waals surface area contributed by atoms with E-state index in [1.165, 1.54) is 0 Å². The van der Waals surface area contributed by atoms with Crippen molar-refractivity contribution in [2.75, 3.05) is 3.76 Å². The van der Waals surface area contributed by atoms with Gasteiger partial charge in [0.25, 0.3) is 0 Å². The first-order valence-electron chi connectivity index (χ1n) is 0.889. The van der Waals surface area contributed by atoms with Crippen LogP contribution >= 0.6 is 22.6 Å². The summed E-state index contributed by atoms with van der Waals surface area (Å²) in [6.45, 7) is 0. The van der Waals surface area contributed by atoms with Crippen LogP contribution in [0.3, 0.4) is 0 Å². The Morgan fingerprint density at radius 1 is 2.00 bits per heavy atom. The van der Waals surface area contributed by atoms with Crippen molar-refractivity contribution in [3.63, 3.8) is 0 Å². The van der Waals surface area contributed by atoms with Crippen molar-refractivity contribution in [1.29, 1.82) is 0 Å². The Morgan fingerprint density at radius 3 is 2.20 bits per heavy atom. The van der Waals surface area contributed by atoms with E-state index in [9.17, 15) is 8.76 Å². The molecular weight excluding hydrogens is 203 g/mol. The standard InChI is InChI=1S/CH3IO2S/c2-1-5(3)4/h1H2,(H,3,4)/p-1. The van der Waals surface area contributed by atoms with Crippen LogP contribution in [0.1, 0.15) is 0 Å². The third-order valence-corrected chi connectivity index (χ3v) is 1.79. The Kier molecular flexibility index (Phi) is 3.56. The highest BCUT2D eigenvalue weighted by Gasteiger charge is 1.64. The predicted molar refractivity (Wildman–Crippen MR) is 27.8 cm³/mol. The van der Waals surface area contributed by atoms with Gasteiger partial charge in [-0.25, -0.2) is 0 Å². The van der Waals surface area contributed by atoms with E-state index in [-0.39, 0.29) is 3.76 Å². The van der Waals surface area contributed by atoms with Crippen LogP contribution in [0, 0.1) is 0 Å². The molecule has 0 saturated heterocycles. The highest BCUT2D eigenvalue weighted by molar-refractivity contribution is 14.1. The minimum atomic E-state index is -1.84. The van der Waals surface area contributed by atoms with E-state index in [2.05, 4.69) is 0 Å². The van der Waals surface area contributed by atoms with Crippen molar-refractivity contribution < 1.29 is 8.76 Å². The number of halogens is 1. The summed E-state index contributed by atoms with van der Waals surface area (Å²) >= 11 is -0.0711. The van der Waals surface area contributed by atoms with Crippen LogP contribution in [0.25, 0.3) is 0 Å². The lowest BCUT2D eigenvalue weighted by atomic mass is 12.0. The summed E-state index contributed by atoms with van der Waals surface area (Å²) in [4.78, 5) is 0. The number of hydrogen-bond donors (Lipinski definition) is 0. The molecule has 0 radical (unpaired) electrons. The smallest absolute Gasteiger partial charge is 0.0622 e. The molecule has 2 nitrogen and oxygen atoms in total. The van der Waals surface area contributed by atoms with Crippen LogP contribution in [0.2, 0.25) is 0 Å². The molecule has 0 amide bonds. The number of alkyl halides is 1. The van der Waals surface area contributed by atoms with Gasteiger partial charge < -0.3 is 4.55 Å². The SMILES string of the molecule is O=S([O-])CI. The average Bonchev–Trinajstić information content (AvgIpc) is 1.38. The van der Waals surface area contributed by atoms with Gasteiger partial charge in [0.05, 0.1) is 3.76 Å². The second-order valence-electron chi connectivity index (χ2n) is 0.413. The third-order valence-electron chi connectivity index (χ3n) is 0.0891. The van der Waals surface area contributed by atoms with E-state index >= 15 is 0 Å². The molecule has 0 aliphatic rings. The maximum absolute atomic E-state index is 9.36. The van der Waals surface area contributed by atoms with Crippen molar-refractivity contribution in [3.8, 4) is 0 Å². The summed E-state index contributed by atoms with van der Waals surface area (Å²) < 4.78 is 18.9. The van der Waals surface area contributed by atoms with Crippen molar-refractivity contribution in [3.05, 3.63) is 0 Å².